The van der Waals surface area contributed by atoms with E-state index in [1.165, 1.54) is 13.3 Å². The van der Waals surface area contributed by atoms with E-state index < -0.39 is 29.3 Å². The molecule has 1 unspecified atom stereocenters. The third-order valence-corrected chi connectivity index (χ3v) is 5.97. The van der Waals surface area contributed by atoms with Crippen LogP contribution in [0.2, 0.25) is 0 Å². The molecule has 1 aliphatic carbocycles. The summed E-state index contributed by atoms with van der Waals surface area (Å²) in [6.45, 7) is 1.51. The molecule has 2 aromatic rings. The number of aromatic nitrogens is 1. The number of ether oxygens (including phenoxy) is 1. The van der Waals surface area contributed by atoms with Crippen LogP contribution in [0.1, 0.15) is 37.3 Å². The molecule has 0 saturated heterocycles. The number of carboxylic acids is 1. The highest BCUT2D eigenvalue weighted by molar-refractivity contribution is 8.00. The SMILES string of the molecule is CC(Cc1cc(F)c(OCc2cccnc2SC2CCC2)c(F)c1)C(=O)O. The van der Waals surface area contributed by atoms with E-state index in [0.717, 1.165) is 35.6 Å². The highest BCUT2D eigenvalue weighted by atomic mass is 32.2. The number of rotatable bonds is 8. The van der Waals surface area contributed by atoms with E-state index in [2.05, 4.69) is 4.98 Å². The van der Waals surface area contributed by atoms with Crippen molar-refractivity contribution >= 4 is 17.7 Å². The second kappa shape index (κ2) is 8.69. The molecule has 0 spiro atoms. The maximum absolute atomic E-state index is 14.3. The van der Waals surface area contributed by atoms with Crippen LogP contribution in [-0.4, -0.2) is 21.3 Å². The van der Waals surface area contributed by atoms with Crippen molar-refractivity contribution in [2.75, 3.05) is 0 Å². The molecule has 1 atom stereocenters. The first-order valence-electron chi connectivity index (χ1n) is 8.88. The van der Waals surface area contributed by atoms with Crippen LogP contribution in [0.3, 0.4) is 0 Å². The van der Waals surface area contributed by atoms with Gasteiger partial charge in [-0.25, -0.2) is 13.8 Å². The molecule has 1 heterocycles. The number of nitrogens with zero attached hydrogens (tertiary/aromatic N) is 1. The highest BCUT2D eigenvalue weighted by Crippen LogP contribution is 2.37. The Labute approximate surface area is 161 Å². The molecule has 3 rings (SSSR count). The number of hydrogen-bond donors (Lipinski definition) is 1. The van der Waals surface area contributed by atoms with Gasteiger partial charge in [-0.2, -0.15) is 0 Å². The minimum absolute atomic E-state index is 0.0155. The molecule has 1 fully saturated rings. The van der Waals surface area contributed by atoms with E-state index in [1.54, 1.807) is 24.0 Å². The molecule has 0 aliphatic heterocycles. The zero-order valence-corrected chi connectivity index (χ0v) is 15.8. The molecule has 1 saturated carbocycles. The lowest BCUT2D eigenvalue weighted by Crippen LogP contribution is -2.14. The second-order valence-electron chi connectivity index (χ2n) is 6.76. The minimum Gasteiger partial charge on any atom is -0.483 e. The fourth-order valence-corrected chi connectivity index (χ4v) is 4.03. The van der Waals surface area contributed by atoms with Gasteiger partial charge in [0.25, 0.3) is 0 Å². The standard InChI is InChI=1S/C20H21F2NO3S/c1-12(20(24)25)8-13-9-16(21)18(17(22)10-13)26-11-14-4-3-7-23-19(14)27-15-5-2-6-15/h3-4,7,9-10,12,15H,2,5-6,8,11H2,1H3,(H,24,25). The van der Waals surface area contributed by atoms with Crippen molar-refractivity contribution in [3.8, 4) is 5.75 Å². The predicted octanol–water partition coefficient (Wildman–Crippen LogP) is 4.85. The Bertz CT molecular complexity index is 804. The van der Waals surface area contributed by atoms with Gasteiger partial charge in [-0.1, -0.05) is 19.4 Å². The lowest BCUT2D eigenvalue weighted by molar-refractivity contribution is -0.141. The second-order valence-corrected chi connectivity index (χ2v) is 8.05. The first kappa shape index (κ1) is 19.6. The molecule has 27 heavy (non-hydrogen) atoms. The van der Waals surface area contributed by atoms with Crippen LogP contribution in [-0.2, 0) is 17.8 Å². The summed E-state index contributed by atoms with van der Waals surface area (Å²) in [5.74, 6) is -3.86. The average molecular weight is 393 g/mol. The predicted molar refractivity (Wildman–Crippen MR) is 98.9 cm³/mol. The summed E-state index contributed by atoms with van der Waals surface area (Å²) < 4.78 is 34.0. The van der Waals surface area contributed by atoms with Crippen LogP contribution in [0, 0.1) is 17.6 Å². The molecular weight excluding hydrogens is 372 g/mol. The van der Waals surface area contributed by atoms with Gasteiger partial charge in [0.1, 0.15) is 11.6 Å². The summed E-state index contributed by atoms with van der Waals surface area (Å²) in [7, 11) is 0. The Morgan fingerprint density at radius 1 is 1.37 bits per heavy atom. The summed E-state index contributed by atoms with van der Waals surface area (Å²) in [5.41, 5.74) is 1.08. The molecule has 144 valence electrons. The van der Waals surface area contributed by atoms with Crippen molar-refractivity contribution < 1.29 is 23.4 Å². The molecule has 0 amide bonds. The van der Waals surface area contributed by atoms with Gasteiger partial charge in [0, 0.05) is 17.0 Å². The van der Waals surface area contributed by atoms with Crippen LogP contribution in [0.25, 0.3) is 0 Å². The van der Waals surface area contributed by atoms with Gasteiger partial charge in [-0.05, 0) is 43.0 Å². The fourth-order valence-electron chi connectivity index (χ4n) is 2.75. The zero-order valence-electron chi connectivity index (χ0n) is 15.0. The number of hydrogen-bond acceptors (Lipinski definition) is 4. The van der Waals surface area contributed by atoms with Gasteiger partial charge in [0.05, 0.1) is 5.92 Å². The van der Waals surface area contributed by atoms with Crippen LogP contribution in [0.15, 0.2) is 35.5 Å². The average Bonchev–Trinajstić information content (AvgIpc) is 2.58. The van der Waals surface area contributed by atoms with E-state index in [9.17, 15) is 13.6 Å². The maximum atomic E-state index is 14.3. The lowest BCUT2D eigenvalue weighted by atomic mass is 10.0. The number of carboxylic acid groups (broad SMARTS) is 1. The molecule has 0 bridgehead atoms. The maximum Gasteiger partial charge on any atom is 0.306 e. The number of aliphatic carboxylic acids is 1. The number of pyridine rings is 1. The van der Waals surface area contributed by atoms with E-state index >= 15 is 0 Å². The summed E-state index contributed by atoms with van der Waals surface area (Å²) in [6.07, 6.45) is 5.28. The quantitative estimate of drug-likeness (QED) is 0.695. The Kier molecular flexibility index (Phi) is 6.31. The van der Waals surface area contributed by atoms with Crippen LogP contribution >= 0.6 is 11.8 Å². The first-order chi connectivity index (χ1) is 12.9. The molecule has 4 nitrogen and oxygen atoms in total. The third-order valence-electron chi connectivity index (χ3n) is 4.57. The molecule has 1 aromatic heterocycles. The van der Waals surface area contributed by atoms with E-state index in [0.29, 0.717) is 5.25 Å². The number of halogens is 2. The van der Waals surface area contributed by atoms with Gasteiger partial charge in [-0.3, -0.25) is 4.79 Å². The van der Waals surface area contributed by atoms with Gasteiger partial charge >= 0.3 is 5.97 Å². The Morgan fingerprint density at radius 2 is 2.07 bits per heavy atom. The van der Waals surface area contributed by atoms with Crippen molar-refractivity contribution in [1.29, 1.82) is 0 Å². The van der Waals surface area contributed by atoms with Crippen LogP contribution in [0.4, 0.5) is 8.78 Å². The van der Waals surface area contributed by atoms with Crippen molar-refractivity contribution in [3.05, 3.63) is 53.2 Å². The van der Waals surface area contributed by atoms with Crippen LogP contribution in [0.5, 0.6) is 5.75 Å². The van der Waals surface area contributed by atoms with Crippen LogP contribution < -0.4 is 4.74 Å². The summed E-state index contributed by atoms with van der Waals surface area (Å²) in [6, 6.07) is 5.87. The van der Waals surface area contributed by atoms with Gasteiger partial charge < -0.3 is 9.84 Å². The topological polar surface area (TPSA) is 59.4 Å². The number of carbonyl (C=O) groups is 1. The zero-order chi connectivity index (χ0) is 19.4. The van der Waals surface area contributed by atoms with E-state index in [1.807, 2.05) is 6.07 Å². The fraction of sp³-hybridized carbons (Fsp3) is 0.400. The Balaban J connectivity index is 1.70. The first-order valence-corrected chi connectivity index (χ1v) is 9.76. The van der Waals surface area contributed by atoms with E-state index in [-0.39, 0.29) is 18.6 Å². The summed E-state index contributed by atoms with van der Waals surface area (Å²) in [5, 5.41) is 10.3. The summed E-state index contributed by atoms with van der Waals surface area (Å²) >= 11 is 1.68. The number of benzene rings is 1. The smallest absolute Gasteiger partial charge is 0.306 e. The largest absolute Gasteiger partial charge is 0.483 e. The lowest BCUT2D eigenvalue weighted by Gasteiger charge is -2.24. The van der Waals surface area contributed by atoms with Gasteiger partial charge in [-0.15, -0.1) is 11.8 Å². The Hall–Kier alpha value is -2.15. The summed E-state index contributed by atoms with van der Waals surface area (Å²) in [4.78, 5) is 15.3. The normalized spacial score (nSPS) is 15.2. The van der Waals surface area contributed by atoms with Crippen molar-refractivity contribution in [1.82, 2.24) is 4.98 Å². The van der Waals surface area contributed by atoms with Gasteiger partial charge in [0.15, 0.2) is 17.4 Å². The van der Waals surface area contributed by atoms with Crippen molar-refractivity contribution in [3.63, 3.8) is 0 Å². The third kappa shape index (κ3) is 4.97. The monoisotopic (exact) mass is 393 g/mol. The molecule has 1 aromatic carbocycles. The number of thioether (sulfide) groups is 1. The molecule has 1 N–H and O–H groups in total. The molecule has 7 heteroatoms. The highest BCUT2D eigenvalue weighted by Gasteiger charge is 2.21. The van der Waals surface area contributed by atoms with E-state index in [4.69, 9.17) is 9.84 Å². The molecule has 1 aliphatic rings. The van der Waals surface area contributed by atoms with Crippen molar-refractivity contribution in [2.45, 2.75) is 49.5 Å². The molecular formula is C20H21F2NO3S. The van der Waals surface area contributed by atoms with Crippen molar-refractivity contribution in [2.24, 2.45) is 5.92 Å². The Morgan fingerprint density at radius 3 is 2.67 bits per heavy atom. The van der Waals surface area contributed by atoms with Gasteiger partial charge in [0.2, 0.25) is 0 Å². The minimum atomic E-state index is -1.01. The molecule has 0 radical (unpaired) electrons.